The zero-order valence-corrected chi connectivity index (χ0v) is 15.7. The van der Waals surface area contributed by atoms with Crippen LogP contribution in [-0.2, 0) is 13.0 Å². The van der Waals surface area contributed by atoms with Crippen molar-refractivity contribution in [3.05, 3.63) is 51.5 Å². The standard InChI is InChI=1S/C14H16Cl3N3.2ClH/c15-12-3-2-11(13(16)14(12)17)4-6-18-5-1-8-20-9-7-19-10-20;;/h2-3,7,9-10,18H,1,4-6,8H2;2*1H. The van der Waals surface area contributed by atoms with Crippen molar-refractivity contribution in [3.8, 4) is 0 Å². The van der Waals surface area contributed by atoms with Crippen LogP contribution >= 0.6 is 59.6 Å². The Morgan fingerprint density at radius 1 is 1.05 bits per heavy atom. The van der Waals surface area contributed by atoms with Crippen LogP contribution in [0.5, 0.6) is 0 Å². The molecule has 2 rings (SSSR count). The summed E-state index contributed by atoms with van der Waals surface area (Å²) in [4.78, 5) is 4.01. The molecule has 8 heteroatoms. The van der Waals surface area contributed by atoms with Crippen LogP contribution in [-0.4, -0.2) is 22.6 Å². The minimum Gasteiger partial charge on any atom is -0.337 e. The lowest BCUT2D eigenvalue weighted by Crippen LogP contribution is -2.19. The van der Waals surface area contributed by atoms with E-state index in [4.69, 9.17) is 34.8 Å². The summed E-state index contributed by atoms with van der Waals surface area (Å²) in [5.74, 6) is 0. The van der Waals surface area contributed by atoms with E-state index in [9.17, 15) is 0 Å². The number of aromatic nitrogens is 2. The Labute approximate surface area is 158 Å². The number of nitrogens with zero attached hydrogens (tertiary/aromatic N) is 2. The Kier molecular flexibility index (Phi) is 11.3. The molecule has 2 aromatic rings. The molecule has 0 radical (unpaired) electrons. The third-order valence-corrected chi connectivity index (χ3v) is 4.35. The lowest BCUT2D eigenvalue weighted by Gasteiger charge is -2.08. The molecule has 0 unspecified atom stereocenters. The average molecular weight is 406 g/mol. The van der Waals surface area contributed by atoms with Crippen molar-refractivity contribution < 1.29 is 0 Å². The molecule has 0 saturated heterocycles. The monoisotopic (exact) mass is 403 g/mol. The van der Waals surface area contributed by atoms with Gasteiger partial charge in [-0.15, -0.1) is 24.8 Å². The first-order valence-electron chi connectivity index (χ1n) is 6.47. The van der Waals surface area contributed by atoms with Crippen molar-refractivity contribution in [1.82, 2.24) is 14.9 Å². The minimum atomic E-state index is 0. The first kappa shape index (κ1) is 21.8. The molecule has 22 heavy (non-hydrogen) atoms. The molecule has 0 atom stereocenters. The molecule has 1 heterocycles. The van der Waals surface area contributed by atoms with E-state index in [1.807, 2.05) is 18.6 Å². The summed E-state index contributed by atoms with van der Waals surface area (Å²) in [6.07, 6.45) is 7.48. The Hall–Kier alpha value is -0.160. The molecule has 0 aliphatic carbocycles. The van der Waals surface area contributed by atoms with Gasteiger partial charge < -0.3 is 9.88 Å². The summed E-state index contributed by atoms with van der Waals surface area (Å²) in [7, 11) is 0. The smallest absolute Gasteiger partial charge is 0.0945 e. The van der Waals surface area contributed by atoms with Gasteiger partial charge >= 0.3 is 0 Å². The van der Waals surface area contributed by atoms with Gasteiger partial charge in [0.25, 0.3) is 0 Å². The van der Waals surface area contributed by atoms with Crippen LogP contribution in [0, 0.1) is 0 Å². The zero-order chi connectivity index (χ0) is 14.4. The Morgan fingerprint density at radius 2 is 1.82 bits per heavy atom. The number of benzene rings is 1. The second kappa shape index (κ2) is 11.4. The van der Waals surface area contributed by atoms with E-state index < -0.39 is 0 Å². The molecule has 1 aromatic carbocycles. The molecule has 0 fully saturated rings. The maximum absolute atomic E-state index is 6.15. The van der Waals surface area contributed by atoms with Crippen molar-refractivity contribution in [3.63, 3.8) is 0 Å². The Morgan fingerprint density at radius 3 is 2.50 bits per heavy atom. The maximum Gasteiger partial charge on any atom is 0.0945 e. The van der Waals surface area contributed by atoms with Gasteiger partial charge in [0.15, 0.2) is 0 Å². The normalized spacial score (nSPS) is 9.95. The maximum atomic E-state index is 6.15. The van der Waals surface area contributed by atoms with E-state index in [0.29, 0.717) is 15.1 Å². The zero-order valence-electron chi connectivity index (χ0n) is 11.8. The summed E-state index contributed by atoms with van der Waals surface area (Å²) >= 11 is 18.1. The Balaban J connectivity index is 0.00000220. The van der Waals surface area contributed by atoms with Gasteiger partial charge in [0.05, 0.1) is 21.4 Å². The third kappa shape index (κ3) is 6.53. The van der Waals surface area contributed by atoms with Crippen molar-refractivity contribution >= 4 is 59.6 Å². The van der Waals surface area contributed by atoms with E-state index >= 15 is 0 Å². The predicted molar refractivity (Wildman–Crippen MR) is 99.4 cm³/mol. The average Bonchev–Trinajstić information content (AvgIpc) is 2.95. The van der Waals surface area contributed by atoms with E-state index in [1.165, 1.54) is 0 Å². The molecule has 0 aliphatic heterocycles. The Bertz CT molecular complexity index is 546. The number of hydrogen-bond donors (Lipinski definition) is 1. The van der Waals surface area contributed by atoms with Gasteiger partial charge in [-0.2, -0.15) is 0 Å². The van der Waals surface area contributed by atoms with Gasteiger partial charge in [-0.05, 0) is 37.6 Å². The van der Waals surface area contributed by atoms with Gasteiger partial charge in [0, 0.05) is 18.9 Å². The van der Waals surface area contributed by atoms with Crippen LogP contribution in [0.2, 0.25) is 15.1 Å². The van der Waals surface area contributed by atoms with E-state index in [-0.39, 0.29) is 24.8 Å². The fourth-order valence-corrected chi connectivity index (χ4v) is 2.56. The molecule has 1 aromatic heterocycles. The predicted octanol–water partition coefficient (Wildman–Crippen LogP) is 4.91. The molecule has 3 nitrogen and oxygen atoms in total. The highest BCUT2D eigenvalue weighted by atomic mass is 35.5. The highest BCUT2D eigenvalue weighted by molar-refractivity contribution is 6.48. The van der Waals surface area contributed by atoms with Gasteiger partial charge in [-0.1, -0.05) is 40.9 Å². The summed E-state index contributed by atoms with van der Waals surface area (Å²) < 4.78 is 2.07. The molecule has 0 spiro atoms. The molecular formula is C14H18Cl5N3. The van der Waals surface area contributed by atoms with Gasteiger partial charge in [-0.25, -0.2) is 4.98 Å². The molecular weight excluding hydrogens is 387 g/mol. The highest BCUT2D eigenvalue weighted by Crippen LogP contribution is 2.32. The molecule has 0 aliphatic rings. The van der Waals surface area contributed by atoms with Crippen molar-refractivity contribution in [2.75, 3.05) is 13.1 Å². The highest BCUT2D eigenvalue weighted by Gasteiger charge is 2.07. The van der Waals surface area contributed by atoms with Crippen LogP contribution in [0.25, 0.3) is 0 Å². The SMILES string of the molecule is Cl.Cl.Clc1ccc(CCNCCCn2ccnc2)c(Cl)c1Cl. The molecule has 0 bridgehead atoms. The van der Waals surface area contributed by atoms with E-state index in [1.54, 1.807) is 12.3 Å². The van der Waals surface area contributed by atoms with Gasteiger partial charge in [0.2, 0.25) is 0 Å². The summed E-state index contributed by atoms with van der Waals surface area (Å²) in [6, 6.07) is 3.70. The van der Waals surface area contributed by atoms with Crippen LogP contribution in [0.3, 0.4) is 0 Å². The number of nitrogens with one attached hydrogen (secondary N) is 1. The second-order valence-electron chi connectivity index (χ2n) is 4.49. The van der Waals surface area contributed by atoms with Crippen molar-refractivity contribution in [2.24, 2.45) is 0 Å². The molecule has 1 N–H and O–H groups in total. The van der Waals surface area contributed by atoms with Crippen LogP contribution in [0.4, 0.5) is 0 Å². The number of imidazole rings is 1. The molecule has 124 valence electrons. The summed E-state index contributed by atoms with van der Waals surface area (Å²) in [6.45, 7) is 2.79. The van der Waals surface area contributed by atoms with Gasteiger partial charge in [0.1, 0.15) is 0 Å². The number of rotatable bonds is 7. The quantitative estimate of drug-likeness (QED) is 0.524. The number of aryl methyl sites for hydroxylation is 1. The molecule has 0 amide bonds. The van der Waals surface area contributed by atoms with Crippen molar-refractivity contribution in [2.45, 2.75) is 19.4 Å². The second-order valence-corrected chi connectivity index (χ2v) is 5.65. The first-order chi connectivity index (χ1) is 9.68. The van der Waals surface area contributed by atoms with Crippen LogP contribution in [0.15, 0.2) is 30.9 Å². The lowest BCUT2D eigenvalue weighted by molar-refractivity contribution is 0.582. The van der Waals surface area contributed by atoms with E-state index in [0.717, 1.165) is 38.0 Å². The fourth-order valence-electron chi connectivity index (χ4n) is 1.91. The topological polar surface area (TPSA) is 29.9 Å². The first-order valence-corrected chi connectivity index (χ1v) is 7.60. The minimum absolute atomic E-state index is 0. The number of hydrogen-bond acceptors (Lipinski definition) is 2. The fraction of sp³-hybridized carbons (Fsp3) is 0.357. The van der Waals surface area contributed by atoms with Crippen molar-refractivity contribution in [1.29, 1.82) is 0 Å². The molecule has 0 saturated carbocycles. The summed E-state index contributed by atoms with van der Waals surface area (Å²) in [5, 5.41) is 4.87. The van der Waals surface area contributed by atoms with Crippen LogP contribution in [0.1, 0.15) is 12.0 Å². The summed E-state index contributed by atoms with van der Waals surface area (Å²) in [5.41, 5.74) is 1.02. The lowest BCUT2D eigenvalue weighted by atomic mass is 10.1. The third-order valence-electron chi connectivity index (χ3n) is 3.02. The number of halogens is 5. The largest absolute Gasteiger partial charge is 0.337 e. The van der Waals surface area contributed by atoms with E-state index in [2.05, 4.69) is 14.9 Å². The van der Waals surface area contributed by atoms with Crippen LogP contribution < -0.4 is 5.32 Å². The van der Waals surface area contributed by atoms with Gasteiger partial charge in [-0.3, -0.25) is 0 Å².